The lowest BCUT2D eigenvalue weighted by Gasteiger charge is -2.19. The van der Waals surface area contributed by atoms with Gasteiger partial charge in [0.05, 0.1) is 6.04 Å². The van der Waals surface area contributed by atoms with Gasteiger partial charge in [-0.05, 0) is 29.8 Å². The summed E-state index contributed by atoms with van der Waals surface area (Å²) in [6, 6.07) is 15.6. The Hall–Kier alpha value is -2.17. The summed E-state index contributed by atoms with van der Waals surface area (Å²) < 4.78 is 5.46. The molecule has 3 N–H and O–H groups in total. The molecule has 0 aliphatic carbocycles. The number of nitrogens with two attached hydrogens (primary N) is 1. The van der Waals surface area contributed by atoms with E-state index in [1.807, 2.05) is 30.3 Å². The van der Waals surface area contributed by atoms with Crippen LogP contribution in [0.2, 0.25) is 0 Å². The highest BCUT2D eigenvalue weighted by molar-refractivity contribution is 5.74. The van der Waals surface area contributed by atoms with Crippen molar-refractivity contribution in [1.29, 1.82) is 0 Å². The van der Waals surface area contributed by atoms with Gasteiger partial charge in [0.15, 0.2) is 0 Å². The summed E-state index contributed by atoms with van der Waals surface area (Å²) >= 11 is 0. The number of rotatable bonds is 6. The van der Waals surface area contributed by atoms with Crippen molar-refractivity contribution in [3.05, 3.63) is 65.7 Å². The summed E-state index contributed by atoms with van der Waals surface area (Å²) in [7, 11) is 0. The number of ether oxygens (including phenoxy) is 1. The van der Waals surface area contributed by atoms with E-state index in [-0.39, 0.29) is 6.61 Å². The minimum Gasteiger partial charge on any atom is -0.491 e. The summed E-state index contributed by atoms with van der Waals surface area (Å²) in [5, 5.41) is 10.0. The van der Waals surface area contributed by atoms with Crippen LogP contribution in [0.3, 0.4) is 0 Å². The molecular formula is C16H17NO3. The molecule has 0 saturated heterocycles. The van der Waals surface area contributed by atoms with Crippen molar-refractivity contribution < 1.29 is 14.6 Å². The van der Waals surface area contributed by atoms with E-state index in [1.165, 1.54) is 0 Å². The van der Waals surface area contributed by atoms with Crippen LogP contribution in [0.15, 0.2) is 54.6 Å². The molecule has 0 aromatic heterocycles. The minimum atomic E-state index is -0.803. The van der Waals surface area contributed by atoms with Crippen molar-refractivity contribution in [2.45, 2.75) is 12.1 Å². The first-order chi connectivity index (χ1) is 9.70. The van der Waals surface area contributed by atoms with E-state index in [0.717, 1.165) is 11.8 Å². The molecule has 0 heterocycles. The van der Waals surface area contributed by atoms with Crippen LogP contribution in [-0.4, -0.2) is 24.1 Å². The molecule has 0 aliphatic heterocycles. The fraction of sp³-hybridized carbons (Fsp3) is 0.188. The number of carbonyl (C=O) groups is 1. The molecule has 2 unspecified atom stereocenters. The number of aliphatic hydroxyl groups excluding tert-OH is 1. The fourth-order valence-corrected chi connectivity index (χ4v) is 1.83. The van der Waals surface area contributed by atoms with Crippen LogP contribution in [0.5, 0.6) is 5.75 Å². The normalized spacial score (nSPS) is 13.5. The van der Waals surface area contributed by atoms with Gasteiger partial charge >= 0.3 is 0 Å². The monoisotopic (exact) mass is 271 g/mol. The molecule has 0 spiro atoms. The van der Waals surface area contributed by atoms with Gasteiger partial charge < -0.3 is 15.6 Å². The summed E-state index contributed by atoms with van der Waals surface area (Å²) in [5.41, 5.74) is 7.42. The SMILES string of the molecule is NC(c1ccccc1)C(O)COc1ccc(C=O)cc1. The smallest absolute Gasteiger partial charge is 0.150 e. The highest BCUT2D eigenvalue weighted by atomic mass is 16.5. The Balaban J connectivity index is 1.91. The molecule has 104 valence electrons. The first-order valence-corrected chi connectivity index (χ1v) is 6.37. The van der Waals surface area contributed by atoms with Crippen LogP contribution in [0.25, 0.3) is 0 Å². The summed E-state index contributed by atoms with van der Waals surface area (Å²) in [6.07, 6.45) is -0.0348. The summed E-state index contributed by atoms with van der Waals surface area (Å²) in [4.78, 5) is 10.5. The quantitative estimate of drug-likeness (QED) is 0.787. The second kappa shape index (κ2) is 6.84. The van der Waals surface area contributed by atoms with E-state index < -0.39 is 12.1 Å². The standard InChI is InChI=1S/C16H17NO3/c17-16(13-4-2-1-3-5-13)15(19)11-20-14-8-6-12(10-18)7-9-14/h1-10,15-16,19H,11,17H2. The lowest BCUT2D eigenvalue weighted by molar-refractivity contribution is 0.0851. The van der Waals surface area contributed by atoms with Gasteiger partial charge in [0.25, 0.3) is 0 Å². The van der Waals surface area contributed by atoms with Gasteiger partial charge in [0, 0.05) is 5.56 Å². The molecule has 20 heavy (non-hydrogen) atoms. The van der Waals surface area contributed by atoms with Crippen molar-refractivity contribution in [2.75, 3.05) is 6.61 Å². The second-order valence-electron chi connectivity index (χ2n) is 4.50. The maximum atomic E-state index is 10.5. The van der Waals surface area contributed by atoms with Crippen molar-refractivity contribution in [2.24, 2.45) is 5.73 Å². The van der Waals surface area contributed by atoms with Crippen molar-refractivity contribution in [3.8, 4) is 5.75 Å². The van der Waals surface area contributed by atoms with Crippen LogP contribution < -0.4 is 10.5 Å². The minimum absolute atomic E-state index is 0.0937. The third kappa shape index (κ3) is 3.66. The maximum absolute atomic E-state index is 10.5. The zero-order chi connectivity index (χ0) is 14.4. The molecule has 2 atom stereocenters. The Bertz CT molecular complexity index is 539. The molecule has 0 amide bonds. The van der Waals surface area contributed by atoms with Crippen LogP contribution in [0.4, 0.5) is 0 Å². The number of benzene rings is 2. The highest BCUT2D eigenvalue weighted by Crippen LogP contribution is 2.16. The predicted molar refractivity (Wildman–Crippen MR) is 76.7 cm³/mol. The largest absolute Gasteiger partial charge is 0.491 e. The number of hydrogen-bond acceptors (Lipinski definition) is 4. The lowest BCUT2D eigenvalue weighted by atomic mass is 10.0. The molecule has 4 heteroatoms. The number of aldehydes is 1. The molecule has 0 fully saturated rings. The van der Waals surface area contributed by atoms with E-state index >= 15 is 0 Å². The average Bonchev–Trinajstić information content (AvgIpc) is 2.53. The number of hydrogen-bond donors (Lipinski definition) is 2. The first-order valence-electron chi connectivity index (χ1n) is 6.37. The fourth-order valence-electron chi connectivity index (χ4n) is 1.83. The highest BCUT2D eigenvalue weighted by Gasteiger charge is 2.17. The van der Waals surface area contributed by atoms with Crippen LogP contribution >= 0.6 is 0 Å². The molecule has 0 aliphatic rings. The third-order valence-electron chi connectivity index (χ3n) is 3.04. The Labute approximate surface area is 117 Å². The molecule has 0 saturated carbocycles. The van der Waals surface area contributed by atoms with Gasteiger partial charge in [-0.1, -0.05) is 30.3 Å². The Morgan fingerprint density at radius 2 is 1.75 bits per heavy atom. The Kier molecular flexibility index (Phi) is 4.87. The van der Waals surface area contributed by atoms with Gasteiger partial charge in [-0.3, -0.25) is 4.79 Å². The van der Waals surface area contributed by atoms with E-state index in [9.17, 15) is 9.90 Å². The van der Waals surface area contributed by atoms with E-state index in [2.05, 4.69) is 0 Å². The molecule has 2 aromatic carbocycles. The van der Waals surface area contributed by atoms with Gasteiger partial charge in [0.2, 0.25) is 0 Å². The number of aliphatic hydroxyl groups is 1. The van der Waals surface area contributed by atoms with Crippen molar-refractivity contribution >= 4 is 6.29 Å². The summed E-state index contributed by atoms with van der Waals surface area (Å²) in [5.74, 6) is 0.593. The van der Waals surface area contributed by atoms with E-state index in [0.29, 0.717) is 11.3 Å². The van der Waals surface area contributed by atoms with E-state index in [1.54, 1.807) is 24.3 Å². The number of carbonyl (C=O) groups excluding carboxylic acids is 1. The van der Waals surface area contributed by atoms with Gasteiger partial charge in [-0.2, -0.15) is 0 Å². The molecule has 2 aromatic rings. The Morgan fingerprint density at radius 1 is 1.10 bits per heavy atom. The molecular weight excluding hydrogens is 254 g/mol. The van der Waals surface area contributed by atoms with Crippen LogP contribution in [0.1, 0.15) is 22.0 Å². The van der Waals surface area contributed by atoms with Crippen LogP contribution in [0, 0.1) is 0 Å². The zero-order valence-corrected chi connectivity index (χ0v) is 11.0. The first kappa shape index (κ1) is 14.2. The van der Waals surface area contributed by atoms with Gasteiger partial charge in [-0.25, -0.2) is 0 Å². The topological polar surface area (TPSA) is 72.6 Å². The molecule has 0 radical (unpaired) electrons. The summed E-state index contributed by atoms with van der Waals surface area (Å²) in [6.45, 7) is 0.0937. The Morgan fingerprint density at radius 3 is 2.35 bits per heavy atom. The molecule has 0 bridgehead atoms. The van der Waals surface area contributed by atoms with Gasteiger partial charge in [0.1, 0.15) is 24.7 Å². The maximum Gasteiger partial charge on any atom is 0.150 e. The average molecular weight is 271 g/mol. The van der Waals surface area contributed by atoms with Crippen molar-refractivity contribution in [1.82, 2.24) is 0 Å². The molecule has 2 rings (SSSR count). The second-order valence-corrected chi connectivity index (χ2v) is 4.50. The van der Waals surface area contributed by atoms with E-state index in [4.69, 9.17) is 10.5 Å². The van der Waals surface area contributed by atoms with Crippen LogP contribution in [-0.2, 0) is 0 Å². The van der Waals surface area contributed by atoms with Gasteiger partial charge in [-0.15, -0.1) is 0 Å². The predicted octanol–water partition coefficient (Wildman–Crippen LogP) is 1.94. The van der Waals surface area contributed by atoms with Crippen molar-refractivity contribution in [3.63, 3.8) is 0 Å². The molecule has 4 nitrogen and oxygen atoms in total. The zero-order valence-electron chi connectivity index (χ0n) is 11.0. The third-order valence-corrected chi connectivity index (χ3v) is 3.04. The lowest BCUT2D eigenvalue weighted by Crippen LogP contribution is -2.31.